The summed E-state index contributed by atoms with van der Waals surface area (Å²) in [6.45, 7) is 1.75. The molecule has 0 heterocycles. The summed E-state index contributed by atoms with van der Waals surface area (Å²) in [5.74, 6) is -0.783. The molecular formula is C11H15ClFNO2S. The van der Waals surface area contributed by atoms with E-state index in [9.17, 15) is 12.8 Å². The maximum atomic E-state index is 13.1. The van der Waals surface area contributed by atoms with Crippen molar-refractivity contribution in [2.24, 2.45) is 5.73 Å². The summed E-state index contributed by atoms with van der Waals surface area (Å²) in [5, 5.41) is -0.0123. The molecule has 0 spiro atoms. The van der Waals surface area contributed by atoms with Crippen LogP contribution in [0.5, 0.6) is 0 Å². The van der Waals surface area contributed by atoms with Gasteiger partial charge in [-0.15, -0.1) is 0 Å². The number of rotatable bonds is 5. The average molecular weight is 280 g/mol. The van der Waals surface area contributed by atoms with Crippen LogP contribution in [0.4, 0.5) is 4.39 Å². The molecule has 1 atom stereocenters. The molecule has 0 amide bonds. The summed E-state index contributed by atoms with van der Waals surface area (Å²) in [5.41, 5.74) is 5.89. The third kappa shape index (κ3) is 5.02. The van der Waals surface area contributed by atoms with Gasteiger partial charge in [0.15, 0.2) is 9.84 Å². The highest BCUT2D eigenvalue weighted by molar-refractivity contribution is 7.90. The Hall–Kier alpha value is -0.650. The number of sulfone groups is 1. The van der Waals surface area contributed by atoms with Gasteiger partial charge in [0.2, 0.25) is 0 Å². The molecule has 0 fully saturated rings. The second-order valence-electron chi connectivity index (χ2n) is 4.11. The standard InChI is InChI=1S/C11H15ClFNO2S/c1-8(14)4-5-17(15,16)7-9-2-3-10(12)11(13)6-9/h2-3,6,8H,4-5,7,14H2,1H3. The zero-order chi connectivity index (χ0) is 13.1. The smallest absolute Gasteiger partial charge is 0.154 e. The van der Waals surface area contributed by atoms with E-state index in [1.54, 1.807) is 6.92 Å². The molecule has 0 saturated heterocycles. The molecule has 17 heavy (non-hydrogen) atoms. The summed E-state index contributed by atoms with van der Waals surface area (Å²) < 4.78 is 36.5. The van der Waals surface area contributed by atoms with Crippen LogP contribution in [0.3, 0.4) is 0 Å². The van der Waals surface area contributed by atoms with Crippen molar-refractivity contribution >= 4 is 21.4 Å². The molecule has 0 bridgehead atoms. The minimum atomic E-state index is -3.25. The lowest BCUT2D eigenvalue weighted by molar-refractivity contribution is 0.586. The molecule has 1 unspecified atom stereocenters. The van der Waals surface area contributed by atoms with Crippen LogP contribution in [0.2, 0.25) is 5.02 Å². The van der Waals surface area contributed by atoms with Gasteiger partial charge in [0.25, 0.3) is 0 Å². The third-order valence-electron chi connectivity index (χ3n) is 2.25. The Bertz CT molecular complexity index is 488. The highest BCUT2D eigenvalue weighted by Gasteiger charge is 2.14. The lowest BCUT2D eigenvalue weighted by Gasteiger charge is -2.07. The predicted octanol–water partition coefficient (Wildman–Crippen LogP) is 2.13. The van der Waals surface area contributed by atoms with Crippen LogP contribution in [0.1, 0.15) is 18.9 Å². The predicted molar refractivity (Wildman–Crippen MR) is 67.2 cm³/mol. The zero-order valence-electron chi connectivity index (χ0n) is 9.49. The first kappa shape index (κ1) is 14.4. The normalized spacial score (nSPS) is 13.6. The van der Waals surface area contributed by atoms with E-state index in [2.05, 4.69) is 0 Å². The fourth-order valence-corrected chi connectivity index (χ4v) is 3.00. The fraction of sp³-hybridized carbons (Fsp3) is 0.455. The zero-order valence-corrected chi connectivity index (χ0v) is 11.1. The largest absolute Gasteiger partial charge is 0.328 e. The van der Waals surface area contributed by atoms with E-state index in [1.165, 1.54) is 12.1 Å². The molecule has 0 aromatic heterocycles. The molecule has 0 radical (unpaired) electrons. The fourth-order valence-electron chi connectivity index (χ4n) is 1.32. The Morgan fingerprint density at radius 1 is 1.47 bits per heavy atom. The summed E-state index contributed by atoms with van der Waals surface area (Å²) >= 11 is 5.51. The van der Waals surface area contributed by atoms with Crippen LogP contribution in [0, 0.1) is 5.82 Å². The van der Waals surface area contributed by atoms with E-state index in [0.717, 1.165) is 6.07 Å². The SMILES string of the molecule is CC(N)CCS(=O)(=O)Cc1ccc(Cl)c(F)c1. The van der Waals surface area contributed by atoms with E-state index in [0.29, 0.717) is 12.0 Å². The van der Waals surface area contributed by atoms with Gasteiger partial charge in [-0.05, 0) is 31.0 Å². The van der Waals surface area contributed by atoms with E-state index in [-0.39, 0.29) is 22.6 Å². The minimum absolute atomic E-state index is 0.00884. The first-order chi connectivity index (χ1) is 7.80. The van der Waals surface area contributed by atoms with Crippen LogP contribution < -0.4 is 5.73 Å². The minimum Gasteiger partial charge on any atom is -0.328 e. The molecule has 1 rings (SSSR count). The van der Waals surface area contributed by atoms with Crippen molar-refractivity contribution in [1.82, 2.24) is 0 Å². The number of benzene rings is 1. The highest BCUT2D eigenvalue weighted by Crippen LogP contribution is 2.17. The van der Waals surface area contributed by atoms with Gasteiger partial charge in [-0.1, -0.05) is 17.7 Å². The van der Waals surface area contributed by atoms with E-state index >= 15 is 0 Å². The Kier molecular flexibility index (Phi) is 4.91. The monoisotopic (exact) mass is 279 g/mol. The van der Waals surface area contributed by atoms with Gasteiger partial charge in [-0.3, -0.25) is 0 Å². The summed E-state index contributed by atoms with van der Waals surface area (Å²) in [6.07, 6.45) is 0.401. The van der Waals surface area contributed by atoms with Gasteiger partial charge in [0, 0.05) is 6.04 Å². The van der Waals surface area contributed by atoms with Crippen molar-refractivity contribution in [2.75, 3.05) is 5.75 Å². The average Bonchev–Trinajstić information content (AvgIpc) is 2.21. The van der Waals surface area contributed by atoms with E-state index in [4.69, 9.17) is 17.3 Å². The number of nitrogens with two attached hydrogens (primary N) is 1. The maximum Gasteiger partial charge on any atom is 0.154 e. The van der Waals surface area contributed by atoms with Crippen LogP contribution in [-0.2, 0) is 15.6 Å². The molecule has 0 aliphatic heterocycles. The van der Waals surface area contributed by atoms with Crippen molar-refractivity contribution in [3.8, 4) is 0 Å². The van der Waals surface area contributed by atoms with Crippen molar-refractivity contribution < 1.29 is 12.8 Å². The van der Waals surface area contributed by atoms with Crippen molar-refractivity contribution in [3.63, 3.8) is 0 Å². The molecule has 2 N–H and O–H groups in total. The Morgan fingerprint density at radius 2 is 2.12 bits per heavy atom. The molecular weight excluding hydrogens is 265 g/mol. The Labute approximate surface area is 106 Å². The van der Waals surface area contributed by atoms with Gasteiger partial charge in [0.05, 0.1) is 16.5 Å². The number of hydrogen-bond acceptors (Lipinski definition) is 3. The molecule has 6 heteroatoms. The first-order valence-electron chi connectivity index (χ1n) is 5.20. The van der Waals surface area contributed by atoms with Crippen molar-refractivity contribution in [3.05, 3.63) is 34.6 Å². The molecule has 96 valence electrons. The molecule has 1 aromatic carbocycles. The summed E-state index contributed by atoms with van der Waals surface area (Å²) in [4.78, 5) is 0. The van der Waals surface area contributed by atoms with E-state index in [1.807, 2.05) is 0 Å². The van der Waals surface area contributed by atoms with Crippen LogP contribution in [-0.4, -0.2) is 20.2 Å². The molecule has 0 aliphatic carbocycles. The number of halogens is 2. The Morgan fingerprint density at radius 3 is 2.65 bits per heavy atom. The van der Waals surface area contributed by atoms with Gasteiger partial charge < -0.3 is 5.73 Å². The lowest BCUT2D eigenvalue weighted by atomic mass is 10.2. The third-order valence-corrected chi connectivity index (χ3v) is 4.19. The summed E-state index contributed by atoms with van der Waals surface area (Å²) in [6, 6.07) is 3.85. The highest BCUT2D eigenvalue weighted by atomic mass is 35.5. The van der Waals surface area contributed by atoms with Crippen LogP contribution in [0.25, 0.3) is 0 Å². The van der Waals surface area contributed by atoms with Gasteiger partial charge in [-0.2, -0.15) is 0 Å². The van der Waals surface area contributed by atoms with Crippen molar-refractivity contribution in [1.29, 1.82) is 0 Å². The number of hydrogen-bond donors (Lipinski definition) is 1. The van der Waals surface area contributed by atoms with Gasteiger partial charge in [-0.25, -0.2) is 12.8 Å². The quantitative estimate of drug-likeness (QED) is 0.898. The molecule has 3 nitrogen and oxygen atoms in total. The molecule has 1 aromatic rings. The first-order valence-corrected chi connectivity index (χ1v) is 7.40. The lowest BCUT2D eigenvalue weighted by Crippen LogP contribution is -2.20. The van der Waals surface area contributed by atoms with Gasteiger partial charge in [0.1, 0.15) is 5.82 Å². The van der Waals surface area contributed by atoms with Crippen LogP contribution in [0.15, 0.2) is 18.2 Å². The molecule has 0 aliphatic rings. The van der Waals surface area contributed by atoms with Crippen molar-refractivity contribution in [2.45, 2.75) is 25.1 Å². The van der Waals surface area contributed by atoms with Gasteiger partial charge >= 0.3 is 0 Å². The second kappa shape index (κ2) is 5.80. The second-order valence-corrected chi connectivity index (χ2v) is 6.70. The maximum absolute atomic E-state index is 13.1. The topological polar surface area (TPSA) is 60.2 Å². The summed E-state index contributed by atoms with van der Waals surface area (Å²) in [7, 11) is -3.25. The van der Waals surface area contributed by atoms with Crippen LogP contribution >= 0.6 is 11.6 Å². The van der Waals surface area contributed by atoms with E-state index < -0.39 is 15.7 Å². The molecule has 0 saturated carbocycles. The Balaban J connectivity index is 2.73.